The molecule has 1 atom stereocenters. The maximum absolute atomic E-state index is 12.1. The number of amides is 3. The molecule has 0 spiro atoms. The molecule has 2 saturated heterocycles. The van der Waals surface area contributed by atoms with Gasteiger partial charge in [0.05, 0.1) is 24.0 Å². The van der Waals surface area contributed by atoms with E-state index in [0.29, 0.717) is 37.6 Å². The van der Waals surface area contributed by atoms with Gasteiger partial charge in [-0.1, -0.05) is 12.1 Å². The van der Waals surface area contributed by atoms with Crippen LogP contribution in [-0.2, 0) is 4.79 Å². The van der Waals surface area contributed by atoms with Gasteiger partial charge in [0.15, 0.2) is 0 Å². The van der Waals surface area contributed by atoms with Gasteiger partial charge in [-0.3, -0.25) is 9.69 Å². The third kappa shape index (κ3) is 2.92. The molecule has 3 amide bonds. The minimum absolute atomic E-state index is 0.00107. The molecule has 0 aromatic heterocycles. The number of carbonyl (C=O) groups excluding carboxylic acids is 2. The third-order valence-electron chi connectivity index (χ3n) is 3.92. The van der Waals surface area contributed by atoms with Gasteiger partial charge in [0, 0.05) is 26.2 Å². The number of urea groups is 1. The summed E-state index contributed by atoms with van der Waals surface area (Å²) in [6.45, 7) is 3.06. The lowest BCUT2D eigenvalue weighted by Gasteiger charge is -2.35. The van der Waals surface area contributed by atoms with Crippen molar-refractivity contribution in [2.45, 2.75) is 6.04 Å². The van der Waals surface area contributed by atoms with Crippen molar-refractivity contribution in [2.75, 3.05) is 43.8 Å². The molecule has 2 aliphatic heterocycles. The standard InChI is InChI=1S/C14H19N5O2/c15-11-3-1-2-4-12(11)17-13(20)9-18-5-6-19-10(8-18)7-16-14(19)21/h1-4,10H,5-9,15H2,(H,16,21)(H,17,20). The predicted octanol–water partition coefficient (Wildman–Crippen LogP) is -0.0833. The highest BCUT2D eigenvalue weighted by Crippen LogP contribution is 2.17. The fourth-order valence-electron chi connectivity index (χ4n) is 2.82. The van der Waals surface area contributed by atoms with Crippen molar-refractivity contribution in [1.82, 2.24) is 15.1 Å². The SMILES string of the molecule is Nc1ccccc1NC(=O)CN1CCN2C(=O)NCC2C1. The molecule has 7 heteroatoms. The molecule has 1 aromatic carbocycles. The zero-order valence-electron chi connectivity index (χ0n) is 11.7. The maximum atomic E-state index is 12.1. The maximum Gasteiger partial charge on any atom is 0.317 e. The zero-order chi connectivity index (χ0) is 14.8. The Hall–Kier alpha value is -2.28. The molecule has 0 saturated carbocycles. The number of nitrogen functional groups attached to an aromatic ring is 1. The van der Waals surface area contributed by atoms with Gasteiger partial charge in [0.25, 0.3) is 0 Å². The summed E-state index contributed by atoms with van der Waals surface area (Å²) in [5, 5.41) is 5.65. The second kappa shape index (κ2) is 5.61. The van der Waals surface area contributed by atoms with E-state index in [1.54, 1.807) is 12.1 Å². The van der Waals surface area contributed by atoms with Gasteiger partial charge in [-0.2, -0.15) is 0 Å². The Labute approximate surface area is 123 Å². The molecule has 4 N–H and O–H groups in total. The van der Waals surface area contributed by atoms with E-state index >= 15 is 0 Å². The molecule has 1 unspecified atom stereocenters. The smallest absolute Gasteiger partial charge is 0.317 e. The molecular formula is C14H19N5O2. The van der Waals surface area contributed by atoms with Crippen LogP contribution in [-0.4, -0.2) is 60.5 Å². The number of nitrogens with zero attached hydrogens (tertiary/aromatic N) is 2. The number of benzene rings is 1. The molecule has 3 rings (SSSR count). The number of nitrogens with two attached hydrogens (primary N) is 1. The topological polar surface area (TPSA) is 90.7 Å². The van der Waals surface area contributed by atoms with Crippen LogP contribution in [0, 0.1) is 0 Å². The number of para-hydroxylation sites is 2. The fourth-order valence-corrected chi connectivity index (χ4v) is 2.82. The Morgan fingerprint density at radius 3 is 3.00 bits per heavy atom. The lowest BCUT2D eigenvalue weighted by atomic mass is 10.2. The van der Waals surface area contributed by atoms with Gasteiger partial charge in [-0.15, -0.1) is 0 Å². The Kier molecular flexibility index (Phi) is 3.66. The molecule has 7 nitrogen and oxygen atoms in total. The largest absolute Gasteiger partial charge is 0.397 e. The molecule has 0 aliphatic carbocycles. The number of carbonyl (C=O) groups is 2. The van der Waals surface area contributed by atoms with Crippen LogP contribution in [0.3, 0.4) is 0 Å². The number of piperazine rings is 1. The van der Waals surface area contributed by atoms with Crippen LogP contribution in [0.2, 0.25) is 0 Å². The van der Waals surface area contributed by atoms with E-state index in [1.165, 1.54) is 0 Å². The van der Waals surface area contributed by atoms with Crippen LogP contribution < -0.4 is 16.4 Å². The first-order valence-corrected chi connectivity index (χ1v) is 7.04. The van der Waals surface area contributed by atoms with Crippen LogP contribution in [0.1, 0.15) is 0 Å². The number of fused-ring (bicyclic) bond motifs is 1. The second-order valence-corrected chi connectivity index (χ2v) is 5.40. The highest BCUT2D eigenvalue weighted by atomic mass is 16.2. The lowest BCUT2D eigenvalue weighted by molar-refractivity contribution is -0.117. The summed E-state index contributed by atoms with van der Waals surface area (Å²) >= 11 is 0. The third-order valence-corrected chi connectivity index (χ3v) is 3.92. The van der Waals surface area contributed by atoms with E-state index in [0.717, 1.165) is 6.54 Å². The number of hydrogen-bond acceptors (Lipinski definition) is 4. The van der Waals surface area contributed by atoms with Crippen LogP contribution in [0.4, 0.5) is 16.2 Å². The van der Waals surface area contributed by atoms with Gasteiger partial charge >= 0.3 is 6.03 Å². The number of nitrogens with one attached hydrogen (secondary N) is 2. The summed E-state index contributed by atoms with van der Waals surface area (Å²) in [6.07, 6.45) is 0. The molecule has 1 aromatic rings. The minimum atomic E-state index is -0.0846. The van der Waals surface area contributed by atoms with Crippen molar-refractivity contribution in [3.8, 4) is 0 Å². The van der Waals surface area contributed by atoms with E-state index in [2.05, 4.69) is 15.5 Å². The van der Waals surface area contributed by atoms with Gasteiger partial charge < -0.3 is 21.3 Å². The molecular weight excluding hydrogens is 270 g/mol. The van der Waals surface area contributed by atoms with Gasteiger partial charge in [-0.25, -0.2) is 4.79 Å². The van der Waals surface area contributed by atoms with Crippen LogP contribution in [0.5, 0.6) is 0 Å². The minimum Gasteiger partial charge on any atom is -0.397 e. The summed E-state index contributed by atoms with van der Waals surface area (Å²) in [5.74, 6) is -0.0846. The molecule has 2 heterocycles. The average molecular weight is 289 g/mol. The van der Waals surface area contributed by atoms with Crippen molar-refractivity contribution < 1.29 is 9.59 Å². The molecule has 0 bridgehead atoms. The van der Waals surface area contributed by atoms with E-state index in [4.69, 9.17) is 5.73 Å². The molecule has 112 valence electrons. The first-order valence-electron chi connectivity index (χ1n) is 7.04. The Balaban J connectivity index is 1.54. The van der Waals surface area contributed by atoms with Gasteiger partial charge in [0.2, 0.25) is 5.91 Å². The number of rotatable bonds is 3. The van der Waals surface area contributed by atoms with Crippen molar-refractivity contribution in [1.29, 1.82) is 0 Å². The summed E-state index contributed by atoms with van der Waals surface area (Å²) in [4.78, 5) is 27.5. The van der Waals surface area contributed by atoms with Gasteiger partial charge in [0.1, 0.15) is 0 Å². The van der Waals surface area contributed by atoms with E-state index in [9.17, 15) is 9.59 Å². The van der Waals surface area contributed by atoms with E-state index in [-0.39, 0.29) is 18.0 Å². The molecule has 2 aliphatic rings. The fraction of sp³-hybridized carbons (Fsp3) is 0.429. The molecule has 0 radical (unpaired) electrons. The highest BCUT2D eigenvalue weighted by molar-refractivity contribution is 5.95. The van der Waals surface area contributed by atoms with Gasteiger partial charge in [-0.05, 0) is 12.1 Å². The van der Waals surface area contributed by atoms with E-state index in [1.807, 2.05) is 17.0 Å². The Bertz CT molecular complexity index is 562. The van der Waals surface area contributed by atoms with Crippen molar-refractivity contribution in [3.05, 3.63) is 24.3 Å². The van der Waals surface area contributed by atoms with Crippen LogP contribution >= 0.6 is 0 Å². The summed E-state index contributed by atoms with van der Waals surface area (Å²) in [5.41, 5.74) is 7.00. The Morgan fingerprint density at radius 1 is 1.38 bits per heavy atom. The van der Waals surface area contributed by atoms with E-state index < -0.39 is 0 Å². The summed E-state index contributed by atoms with van der Waals surface area (Å²) in [6, 6.07) is 7.37. The molecule has 21 heavy (non-hydrogen) atoms. The van der Waals surface area contributed by atoms with Crippen molar-refractivity contribution in [2.24, 2.45) is 0 Å². The quantitative estimate of drug-likeness (QED) is 0.679. The van der Waals surface area contributed by atoms with Crippen molar-refractivity contribution >= 4 is 23.3 Å². The highest BCUT2D eigenvalue weighted by Gasteiger charge is 2.35. The summed E-state index contributed by atoms with van der Waals surface area (Å²) < 4.78 is 0. The summed E-state index contributed by atoms with van der Waals surface area (Å²) in [7, 11) is 0. The lowest BCUT2D eigenvalue weighted by Crippen LogP contribution is -2.53. The zero-order valence-corrected chi connectivity index (χ0v) is 11.7. The first-order chi connectivity index (χ1) is 10.1. The van der Waals surface area contributed by atoms with Crippen LogP contribution in [0.25, 0.3) is 0 Å². The number of anilines is 2. The van der Waals surface area contributed by atoms with Crippen LogP contribution in [0.15, 0.2) is 24.3 Å². The van der Waals surface area contributed by atoms with Crippen molar-refractivity contribution in [3.63, 3.8) is 0 Å². The second-order valence-electron chi connectivity index (χ2n) is 5.40. The Morgan fingerprint density at radius 2 is 2.19 bits per heavy atom. The normalized spacial score (nSPS) is 21.8. The monoisotopic (exact) mass is 289 g/mol. The number of hydrogen-bond donors (Lipinski definition) is 3. The first kappa shape index (κ1) is 13.7. The molecule has 2 fully saturated rings. The predicted molar refractivity (Wildman–Crippen MR) is 79.8 cm³/mol. The average Bonchev–Trinajstić information content (AvgIpc) is 2.82.